The minimum atomic E-state index is -0.408. The maximum absolute atomic E-state index is 14.4. The number of nitriles is 1. The number of hydrogen-bond donors (Lipinski definition) is 0. The van der Waals surface area contributed by atoms with Crippen molar-refractivity contribution in [2.45, 2.75) is 13.5 Å². The van der Waals surface area contributed by atoms with Crippen molar-refractivity contribution < 1.29 is 18.7 Å². The molecule has 2 aromatic carbocycles. The third-order valence-electron chi connectivity index (χ3n) is 7.67. The molecule has 6 rings (SSSR count). The van der Waals surface area contributed by atoms with Crippen LogP contribution in [0.15, 0.2) is 52.2 Å². The van der Waals surface area contributed by atoms with Crippen LogP contribution in [0.5, 0.6) is 11.5 Å². The van der Waals surface area contributed by atoms with E-state index in [0.717, 1.165) is 5.56 Å². The molecule has 1 amide bonds. The van der Waals surface area contributed by atoms with E-state index in [4.69, 9.17) is 21.7 Å². The van der Waals surface area contributed by atoms with Gasteiger partial charge in [0.2, 0.25) is 6.79 Å². The number of carbonyl (C=O) groups is 1. The Hall–Kier alpha value is -4.34. The van der Waals surface area contributed by atoms with Crippen LogP contribution < -0.4 is 24.8 Å². The average Bonchev–Trinajstić information content (AvgIpc) is 3.56. The number of hydrogen-bond acceptors (Lipinski definition) is 9. The Labute approximate surface area is 251 Å². The summed E-state index contributed by atoms with van der Waals surface area (Å²) in [6, 6.07) is 14.2. The Morgan fingerprint density at radius 2 is 1.79 bits per heavy atom. The van der Waals surface area contributed by atoms with E-state index >= 15 is 0 Å². The molecular weight excluding hydrogens is 577 g/mol. The lowest BCUT2D eigenvalue weighted by Crippen LogP contribution is -2.48. The lowest BCUT2D eigenvalue weighted by molar-refractivity contribution is -0.122. The van der Waals surface area contributed by atoms with E-state index in [1.165, 1.54) is 27.3 Å². The smallest absolute Gasteiger partial charge is 0.270 e. The third-order valence-corrected chi connectivity index (χ3v) is 9.04. The number of thiocarbonyl (C=S) groups is 1. The summed E-state index contributed by atoms with van der Waals surface area (Å²) in [7, 11) is 1.63. The van der Waals surface area contributed by atoms with Crippen LogP contribution in [0.25, 0.3) is 6.08 Å². The Morgan fingerprint density at radius 1 is 1.07 bits per heavy atom. The van der Waals surface area contributed by atoms with E-state index in [1.807, 2.05) is 28.0 Å². The summed E-state index contributed by atoms with van der Waals surface area (Å²) in [5.41, 5.74) is 2.09. The highest BCUT2D eigenvalue weighted by Gasteiger charge is 2.34. The van der Waals surface area contributed by atoms with Crippen LogP contribution in [0.1, 0.15) is 22.3 Å². The van der Waals surface area contributed by atoms with Gasteiger partial charge in [0, 0.05) is 38.8 Å². The van der Waals surface area contributed by atoms with Gasteiger partial charge in [0.05, 0.1) is 17.1 Å². The number of halogens is 1. The van der Waals surface area contributed by atoms with Crippen molar-refractivity contribution in [1.29, 1.82) is 5.26 Å². The number of thioether (sulfide) groups is 1. The second-order valence-corrected chi connectivity index (χ2v) is 11.8. The van der Waals surface area contributed by atoms with Gasteiger partial charge in [-0.1, -0.05) is 42.2 Å². The van der Waals surface area contributed by atoms with Gasteiger partial charge in [-0.3, -0.25) is 19.1 Å². The van der Waals surface area contributed by atoms with Crippen molar-refractivity contribution in [1.82, 2.24) is 9.47 Å². The van der Waals surface area contributed by atoms with E-state index in [-0.39, 0.29) is 30.6 Å². The molecule has 2 fully saturated rings. The maximum Gasteiger partial charge on any atom is 0.270 e. The molecule has 42 heavy (non-hydrogen) atoms. The number of amides is 1. The number of fused-ring (bicyclic) bond motifs is 1. The second kappa shape index (κ2) is 11.2. The minimum Gasteiger partial charge on any atom is -0.454 e. The molecule has 0 radical (unpaired) electrons. The minimum absolute atomic E-state index is 0.0216. The van der Waals surface area contributed by atoms with E-state index < -0.39 is 5.56 Å². The molecule has 2 saturated heterocycles. The quantitative estimate of drug-likeness (QED) is 0.315. The molecular formula is C30H26FN5O4S2. The highest BCUT2D eigenvalue weighted by molar-refractivity contribution is 8.26. The monoisotopic (exact) mass is 603 g/mol. The van der Waals surface area contributed by atoms with Gasteiger partial charge in [-0.05, 0) is 48.4 Å². The summed E-state index contributed by atoms with van der Waals surface area (Å²) in [6.07, 6.45) is 1.73. The summed E-state index contributed by atoms with van der Waals surface area (Å²) in [4.78, 5) is 32.7. The number of carbonyl (C=O) groups excluding carboxylic acids is 1. The summed E-state index contributed by atoms with van der Waals surface area (Å²) in [5.74, 6) is 1.34. The lowest BCUT2D eigenvalue weighted by Gasteiger charge is -2.38. The first-order valence-corrected chi connectivity index (χ1v) is 14.5. The number of piperazine rings is 1. The Kier molecular flexibility index (Phi) is 7.38. The van der Waals surface area contributed by atoms with Crippen molar-refractivity contribution in [3.63, 3.8) is 0 Å². The molecule has 3 aliphatic rings. The SMILES string of the molecule is Cc1c(/C=C2/SC(=S)N(Cc3ccc4c(c3)OCO4)C2=O)c(N2CCN(c3ccccc3F)CC2)n(C)c(=O)c1C#N. The first-order chi connectivity index (χ1) is 20.3. The van der Waals surface area contributed by atoms with E-state index in [9.17, 15) is 19.2 Å². The zero-order chi connectivity index (χ0) is 29.5. The van der Waals surface area contributed by atoms with E-state index in [1.54, 1.807) is 44.3 Å². The van der Waals surface area contributed by atoms with Gasteiger partial charge in [-0.25, -0.2) is 4.39 Å². The molecule has 9 nitrogen and oxygen atoms in total. The molecule has 0 aliphatic carbocycles. The molecule has 0 saturated carbocycles. The van der Waals surface area contributed by atoms with Crippen LogP contribution >= 0.6 is 24.0 Å². The number of aromatic nitrogens is 1. The van der Waals surface area contributed by atoms with Gasteiger partial charge in [0.25, 0.3) is 11.5 Å². The molecule has 1 aromatic heterocycles. The predicted octanol–water partition coefficient (Wildman–Crippen LogP) is 4.16. The standard InChI is InChI=1S/C30H26FN5O4S2/c1-18-20(14-26-29(38)36(30(41)42-26)16-19-7-8-24-25(13-19)40-17-39-24)27(33(2)28(37)21(18)15-32)35-11-9-34(10-12-35)23-6-4-3-5-22(23)31/h3-8,13-14H,9-12,16-17H2,1-2H3/b26-14+. The van der Waals surface area contributed by atoms with Gasteiger partial charge in [-0.15, -0.1) is 0 Å². The highest BCUT2D eigenvalue weighted by atomic mass is 32.2. The molecule has 12 heteroatoms. The highest BCUT2D eigenvalue weighted by Crippen LogP contribution is 2.38. The normalized spacial score (nSPS) is 17.4. The molecule has 4 heterocycles. The number of ether oxygens (including phenoxy) is 2. The Bertz CT molecular complexity index is 1760. The molecule has 0 N–H and O–H groups in total. The Morgan fingerprint density at radius 3 is 2.52 bits per heavy atom. The third kappa shape index (κ3) is 4.88. The van der Waals surface area contributed by atoms with E-state index in [0.29, 0.717) is 69.5 Å². The molecule has 3 aromatic rings. The fourth-order valence-electron chi connectivity index (χ4n) is 5.45. The largest absolute Gasteiger partial charge is 0.454 e. The number of para-hydroxylation sites is 1. The lowest BCUT2D eigenvalue weighted by atomic mass is 10.0. The topological polar surface area (TPSA) is 91.0 Å². The second-order valence-electron chi connectivity index (χ2n) is 10.1. The zero-order valence-electron chi connectivity index (χ0n) is 22.9. The van der Waals surface area contributed by atoms with Crippen LogP contribution in [0, 0.1) is 24.1 Å². The number of anilines is 2. The molecule has 214 valence electrons. The average molecular weight is 604 g/mol. The molecule has 0 bridgehead atoms. The van der Waals surface area contributed by atoms with Crippen molar-refractivity contribution in [2.24, 2.45) is 7.05 Å². The predicted molar refractivity (Wildman–Crippen MR) is 163 cm³/mol. The molecule has 0 spiro atoms. The number of nitrogens with zero attached hydrogens (tertiary/aromatic N) is 5. The maximum atomic E-state index is 14.4. The molecule has 3 aliphatic heterocycles. The van der Waals surface area contributed by atoms with Crippen LogP contribution in [-0.2, 0) is 18.4 Å². The summed E-state index contributed by atoms with van der Waals surface area (Å²) < 4.78 is 27.2. The van der Waals surface area contributed by atoms with Crippen molar-refractivity contribution >= 4 is 51.8 Å². The van der Waals surface area contributed by atoms with E-state index in [2.05, 4.69) is 0 Å². The van der Waals surface area contributed by atoms with Crippen LogP contribution in [0.4, 0.5) is 15.9 Å². The molecule has 0 atom stereocenters. The van der Waals surface area contributed by atoms with Crippen LogP contribution in [0.2, 0.25) is 0 Å². The molecule has 0 unspecified atom stereocenters. The van der Waals surface area contributed by atoms with Crippen molar-refractivity contribution in [3.8, 4) is 17.6 Å². The van der Waals surface area contributed by atoms with Gasteiger partial charge >= 0.3 is 0 Å². The summed E-state index contributed by atoms with van der Waals surface area (Å²) in [5, 5.41) is 9.80. The summed E-state index contributed by atoms with van der Waals surface area (Å²) in [6.45, 7) is 4.23. The number of pyridine rings is 1. The Balaban J connectivity index is 1.32. The number of rotatable bonds is 5. The first-order valence-electron chi connectivity index (χ1n) is 13.3. The zero-order valence-corrected chi connectivity index (χ0v) is 24.6. The fourth-order valence-corrected chi connectivity index (χ4v) is 6.69. The van der Waals surface area contributed by atoms with Crippen molar-refractivity contribution in [2.75, 3.05) is 42.8 Å². The van der Waals surface area contributed by atoms with Gasteiger partial charge in [-0.2, -0.15) is 5.26 Å². The van der Waals surface area contributed by atoms with Crippen LogP contribution in [0.3, 0.4) is 0 Å². The fraction of sp³-hybridized carbons (Fsp3) is 0.267. The van der Waals surface area contributed by atoms with Gasteiger partial charge in [0.1, 0.15) is 27.6 Å². The number of benzene rings is 2. The van der Waals surface area contributed by atoms with Crippen molar-refractivity contribution in [3.05, 3.63) is 85.8 Å². The van der Waals surface area contributed by atoms with Gasteiger partial charge in [0.15, 0.2) is 11.5 Å². The van der Waals surface area contributed by atoms with Gasteiger partial charge < -0.3 is 19.3 Å². The first kappa shape index (κ1) is 27.8. The summed E-state index contributed by atoms with van der Waals surface area (Å²) >= 11 is 6.76. The van der Waals surface area contributed by atoms with Crippen LogP contribution in [-0.4, -0.2) is 52.7 Å².